The van der Waals surface area contributed by atoms with Crippen LogP contribution in [0.4, 0.5) is 0 Å². The third-order valence-electron chi connectivity index (χ3n) is 2.12. The topological polar surface area (TPSA) is 20.2 Å². The molecule has 0 aliphatic heterocycles. The summed E-state index contributed by atoms with van der Waals surface area (Å²) in [6.45, 7) is 0. The van der Waals surface area contributed by atoms with E-state index in [1.54, 1.807) is 6.07 Å². The van der Waals surface area contributed by atoms with Gasteiger partial charge in [-0.3, -0.25) is 0 Å². The van der Waals surface area contributed by atoms with E-state index in [2.05, 4.69) is 22.0 Å². The van der Waals surface area contributed by atoms with E-state index in [1.807, 2.05) is 12.1 Å². The molecule has 2 rings (SSSR count). The Bertz CT molecular complexity index is 342. The van der Waals surface area contributed by atoms with Crippen LogP contribution in [0.1, 0.15) is 17.5 Å². The van der Waals surface area contributed by atoms with E-state index < -0.39 is 0 Å². The summed E-state index contributed by atoms with van der Waals surface area (Å²) in [5.74, 6) is 0.379. The van der Waals surface area contributed by atoms with Gasteiger partial charge in [-0.15, -0.1) is 0 Å². The minimum atomic E-state index is 0.379. The van der Waals surface area contributed by atoms with E-state index in [4.69, 9.17) is 0 Å². The fraction of sp³-hybridized carbons (Fsp3) is 0.200. The molecular formula is C10H9BrO. The van der Waals surface area contributed by atoms with Gasteiger partial charge in [-0.2, -0.15) is 0 Å². The summed E-state index contributed by atoms with van der Waals surface area (Å²) in [6.07, 6.45) is 6.16. The first-order valence-electron chi connectivity index (χ1n) is 3.96. The molecule has 1 aliphatic rings. The Morgan fingerprint density at radius 3 is 2.92 bits per heavy atom. The molecule has 0 fully saturated rings. The second-order valence-electron chi connectivity index (χ2n) is 2.90. The van der Waals surface area contributed by atoms with E-state index in [9.17, 15) is 5.11 Å². The number of benzene rings is 1. The fourth-order valence-electron chi connectivity index (χ4n) is 1.49. The van der Waals surface area contributed by atoms with Crippen LogP contribution in [0.25, 0.3) is 6.08 Å². The molecule has 0 spiro atoms. The summed E-state index contributed by atoms with van der Waals surface area (Å²) in [5.41, 5.74) is 2.19. The van der Waals surface area contributed by atoms with Crippen molar-refractivity contribution in [2.45, 2.75) is 12.8 Å². The van der Waals surface area contributed by atoms with Crippen molar-refractivity contribution < 1.29 is 5.11 Å². The molecule has 62 valence electrons. The van der Waals surface area contributed by atoms with Gasteiger partial charge in [0, 0.05) is 10.0 Å². The largest absolute Gasteiger partial charge is 0.507 e. The number of allylic oxidation sites excluding steroid dienone is 1. The summed E-state index contributed by atoms with van der Waals surface area (Å²) in [5, 5.41) is 9.51. The number of halogens is 1. The fourth-order valence-corrected chi connectivity index (χ4v) is 2.04. The van der Waals surface area contributed by atoms with Crippen LogP contribution in [0.2, 0.25) is 0 Å². The molecule has 0 amide bonds. The van der Waals surface area contributed by atoms with Crippen LogP contribution in [-0.2, 0) is 6.42 Å². The van der Waals surface area contributed by atoms with Crippen molar-refractivity contribution in [3.8, 4) is 5.75 Å². The highest BCUT2D eigenvalue weighted by Gasteiger charge is 2.11. The van der Waals surface area contributed by atoms with Crippen LogP contribution in [0.15, 0.2) is 22.7 Å². The van der Waals surface area contributed by atoms with Crippen LogP contribution in [0.5, 0.6) is 5.75 Å². The average Bonchev–Trinajstić information content (AvgIpc) is 2.12. The van der Waals surface area contributed by atoms with Crippen LogP contribution in [-0.4, -0.2) is 5.11 Å². The Kier molecular flexibility index (Phi) is 1.93. The van der Waals surface area contributed by atoms with Gasteiger partial charge in [0.1, 0.15) is 5.75 Å². The molecule has 0 radical (unpaired) electrons. The van der Waals surface area contributed by atoms with Crippen LogP contribution in [0, 0.1) is 0 Å². The van der Waals surface area contributed by atoms with Crippen molar-refractivity contribution in [3.63, 3.8) is 0 Å². The zero-order chi connectivity index (χ0) is 8.55. The quantitative estimate of drug-likeness (QED) is 0.719. The minimum Gasteiger partial charge on any atom is -0.507 e. The molecule has 0 heterocycles. The zero-order valence-electron chi connectivity index (χ0n) is 6.55. The summed E-state index contributed by atoms with van der Waals surface area (Å²) in [6, 6.07) is 3.62. The van der Waals surface area contributed by atoms with Gasteiger partial charge >= 0.3 is 0 Å². The molecule has 12 heavy (non-hydrogen) atoms. The maximum atomic E-state index is 9.51. The highest BCUT2D eigenvalue weighted by atomic mass is 79.9. The first-order valence-corrected chi connectivity index (χ1v) is 4.75. The smallest absolute Gasteiger partial charge is 0.123 e. The van der Waals surface area contributed by atoms with E-state index in [-0.39, 0.29) is 0 Å². The van der Waals surface area contributed by atoms with E-state index in [1.165, 1.54) is 5.56 Å². The minimum absolute atomic E-state index is 0.379. The van der Waals surface area contributed by atoms with Gasteiger partial charge in [0.15, 0.2) is 0 Å². The number of hydrogen-bond acceptors (Lipinski definition) is 1. The summed E-state index contributed by atoms with van der Waals surface area (Å²) >= 11 is 3.47. The Labute approximate surface area is 79.9 Å². The van der Waals surface area contributed by atoms with Gasteiger partial charge in [-0.05, 0) is 30.5 Å². The van der Waals surface area contributed by atoms with Crippen LogP contribution in [0.3, 0.4) is 0 Å². The molecule has 0 saturated heterocycles. The lowest BCUT2D eigenvalue weighted by Gasteiger charge is -2.13. The maximum Gasteiger partial charge on any atom is 0.123 e. The molecule has 0 aromatic heterocycles. The van der Waals surface area contributed by atoms with Crippen LogP contribution < -0.4 is 0 Å². The Morgan fingerprint density at radius 1 is 1.33 bits per heavy atom. The monoisotopic (exact) mass is 224 g/mol. The lowest BCUT2D eigenvalue weighted by Crippen LogP contribution is -1.95. The predicted molar refractivity (Wildman–Crippen MR) is 53.2 cm³/mol. The zero-order valence-corrected chi connectivity index (χ0v) is 8.13. The predicted octanol–water partition coefficient (Wildman–Crippen LogP) is 3.11. The molecule has 1 aromatic rings. The second-order valence-corrected chi connectivity index (χ2v) is 3.75. The van der Waals surface area contributed by atoms with Crippen molar-refractivity contribution in [1.29, 1.82) is 0 Å². The Morgan fingerprint density at radius 2 is 2.17 bits per heavy atom. The Hall–Kier alpha value is -0.760. The summed E-state index contributed by atoms with van der Waals surface area (Å²) < 4.78 is 1.10. The number of phenols is 1. The van der Waals surface area contributed by atoms with Crippen molar-refractivity contribution in [2.75, 3.05) is 0 Å². The van der Waals surface area contributed by atoms with Gasteiger partial charge in [0.05, 0.1) is 0 Å². The number of rotatable bonds is 0. The molecule has 1 aliphatic carbocycles. The van der Waals surface area contributed by atoms with Gasteiger partial charge in [0.2, 0.25) is 0 Å². The third-order valence-corrected chi connectivity index (χ3v) is 2.87. The first kappa shape index (κ1) is 7.87. The highest BCUT2D eigenvalue weighted by Crippen LogP contribution is 2.32. The van der Waals surface area contributed by atoms with Crippen molar-refractivity contribution in [1.82, 2.24) is 0 Å². The molecule has 2 heteroatoms. The normalized spacial score (nSPS) is 14.4. The lowest BCUT2D eigenvalue weighted by molar-refractivity contribution is 0.472. The molecule has 0 bridgehead atoms. The number of aromatic hydroxyl groups is 1. The van der Waals surface area contributed by atoms with Crippen molar-refractivity contribution in [2.24, 2.45) is 0 Å². The molecule has 0 atom stereocenters. The van der Waals surface area contributed by atoms with Gasteiger partial charge in [-0.25, -0.2) is 0 Å². The van der Waals surface area contributed by atoms with Crippen LogP contribution >= 0.6 is 15.9 Å². The van der Waals surface area contributed by atoms with E-state index >= 15 is 0 Å². The average molecular weight is 225 g/mol. The molecule has 1 aromatic carbocycles. The third kappa shape index (κ3) is 1.16. The molecule has 0 saturated carbocycles. The first-order chi connectivity index (χ1) is 5.79. The molecule has 1 N–H and O–H groups in total. The number of phenolic OH excluding ortho intramolecular Hbond substituents is 1. The SMILES string of the molecule is Oc1ccc(Br)c2c1C=CCC2. The Balaban J connectivity index is 2.67. The van der Waals surface area contributed by atoms with Crippen molar-refractivity contribution >= 4 is 22.0 Å². The number of fused-ring (bicyclic) bond motifs is 1. The summed E-state index contributed by atoms with van der Waals surface area (Å²) in [4.78, 5) is 0. The lowest BCUT2D eigenvalue weighted by atomic mass is 9.97. The second kappa shape index (κ2) is 2.94. The molecule has 0 unspecified atom stereocenters. The van der Waals surface area contributed by atoms with Gasteiger partial charge in [0.25, 0.3) is 0 Å². The van der Waals surface area contributed by atoms with Gasteiger partial charge < -0.3 is 5.11 Å². The molecule has 1 nitrogen and oxygen atoms in total. The highest BCUT2D eigenvalue weighted by molar-refractivity contribution is 9.10. The van der Waals surface area contributed by atoms with E-state index in [0.29, 0.717) is 5.75 Å². The molecular weight excluding hydrogens is 216 g/mol. The standard InChI is InChI=1S/C10H9BrO/c11-9-5-6-10(12)8-4-2-1-3-7(8)9/h2,4-6,12H,1,3H2. The van der Waals surface area contributed by atoms with Crippen molar-refractivity contribution in [3.05, 3.63) is 33.8 Å². The number of hydrogen-bond donors (Lipinski definition) is 1. The summed E-state index contributed by atoms with van der Waals surface area (Å²) in [7, 11) is 0. The van der Waals surface area contributed by atoms with E-state index in [0.717, 1.165) is 22.9 Å². The van der Waals surface area contributed by atoms with Gasteiger partial charge in [-0.1, -0.05) is 28.1 Å². The maximum absolute atomic E-state index is 9.51.